The largest absolute Gasteiger partial charge is 0.469 e. The Balaban J connectivity index is 1.52. The number of hydrogen-bond donors (Lipinski definition) is 1. The molecule has 0 spiro atoms. The van der Waals surface area contributed by atoms with E-state index in [4.69, 9.17) is 8.94 Å². The summed E-state index contributed by atoms with van der Waals surface area (Å²) in [5.41, 5.74) is 0.896. The van der Waals surface area contributed by atoms with E-state index in [2.05, 4.69) is 15.6 Å². The van der Waals surface area contributed by atoms with Crippen LogP contribution in [0.2, 0.25) is 0 Å². The van der Waals surface area contributed by atoms with Crippen molar-refractivity contribution in [3.63, 3.8) is 0 Å². The minimum atomic E-state index is -4.58. The molecule has 10 heteroatoms. The molecule has 5 rings (SSSR count). The normalized spacial score (nSPS) is 13.0. The van der Waals surface area contributed by atoms with Crippen molar-refractivity contribution in [1.29, 1.82) is 0 Å². The molecular formula is C21H15F3N4O3. The Labute approximate surface area is 173 Å². The molecule has 1 amide bonds. The molecular weight excluding hydrogens is 413 g/mol. The highest BCUT2D eigenvalue weighted by Crippen LogP contribution is 2.42. The summed E-state index contributed by atoms with van der Waals surface area (Å²) >= 11 is 0. The molecule has 4 aromatic rings. The molecule has 0 bridgehead atoms. The van der Waals surface area contributed by atoms with Gasteiger partial charge in [0.05, 0.1) is 17.6 Å². The van der Waals surface area contributed by atoms with Crippen LogP contribution in [0.1, 0.15) is 33.1 Å². The first kappa shape index (κ1) is 19.2. The number of anilines is 1. The van der Waals surface area contributed by atoms with Gasteiger partial charge in [0.2, 0.25) is 0 Å². The van der Waals surface area contributed by atoms with Crippen molar-refractivity contribution in [2.75, 3.05) is 5.32 Å². The number of furan rings is 1. The number of halogens is 3. The first-order chi connectivity index (χ1) is 14.8. The third-order valence-corrected chi connectivity index (χ3v) is 5.10. The zero-order valence-corrected chi connectivity index (χ0v) is 16.2. The molecule has 1 aromatic carbocycles. The number of aryl methyl sites for hydroxylation is 2. The molecule has 1 aliphatic carbocycles. The Hall–Kier alpha value is -3.82. The number of alkyl halides is 3. The molecule has 0 aliphatic heterocycles. The van der Waals surface area contributed by atoms with Gasteiger partial charge in [-0.15, -0.1) is 0 Å². The number of aromatic nitrogens is 3. The average molecular weight is 428 g/mol. The summed E-state index contributed by atoms with van der Waals surface area (Å²) in [6, 6.07) is 9.34. The molecule has 0 unspecified atom stereocenters. The van der Waals surface area contributed by atoms with Crippen LogP contribution in [-0.4, -0.2) is 20.8 Å². The summed E-state index contributed by atoms with van der Waals surface area (Å²) in [7, 11) is 0. The van der Waals surface area contributed by atoms with Crippen molar-refractivity contribution >= 4 is 11.7 Å². The lowest BCUT2D eigenvalue weighted by molar-refractivity contribution is -0.142. The van der Waals surface area contributed by atoms with Crippen molar-refractivity contribution in [3.05, 3.63) is 71.0 Å². The quantitative estimate of drug-likeness (QED) is 0.507. The summed E-state index contributed by atoms with van der Waals surface area (Å²) < 4.78 is 52.4. The van der Waals surface area contributed by atoms with Crippen LogP contribution in [0, 0.1) is 6.92 Å². The van der Waals surface area contributed by atoms with Gasteiger partial charge < -0.3 is 14.3 Å². The van der Waals surface area contributed by atoms with E-state index in [0.717, 1.165) is 0 Å². The third-order valence-electron chi connectivity index (χ3n) is 5.10. The molecule has 0 saturated carbocycles. The van der Waals surface area contributed by atoms with Crippen LogP contribution in [0.4, 0.5) is 19.0 Å². The van der Waals surface area contributed by atoms with Crippen LogP contribution >= 0.6 is 0 Å². The van der Waals surface area contributed by atoms with Gasteiger partial charge in [-0.25, -0.2) is 4.68 Å². The van der Waals surface area contributed by atoms with Crippen molar-refractivity contribution in [2.24, 2.45) is 0 Å². The number of amides is 1. The molecule has 0 atom stereocenters. The summed E-state index contributed by atoms with van der Waals surface area (Å²) in [5.74, 6) is 1.03. The van der Waals surface area contributed by atoms with Crippen molar-refractivity contribution in [3.8, 4) is 16.9 Å². The number of nitrogens with one attached hydrogen (secondary N) is 1. The number of carbonyl (C=O) groups is 1. The highest BCUT2D eigenvalue weighted by atomic mass is 19.4. The highest BCUT2D eigenvalue weighted by Gasteiger charge is 2.41. The lowest BCUT2D eigenvalue weighted by Gasteiger charge is -2.15. The first-order valence-electron chi connectivity index (χ1n) is 9.42. The summed E-state index contributed by atoms with van der Waals surface area (Å²) in [4.78, 5) is 12.4. The molecule has 1 N–H and O–H groups in total. The fourth-order valence-electron chi connectivity index (χ4n) is 3.73. The SMILES string of the molecule is Cc1cc(NC(=O)c2ccc(-n3nc(C(F)(F)F)c4c3-c3ccoc3CC4)cc2)no1. The number of hydrogen-bond acceptors (Lipinski definition) is 5. The number of benzene rings is 1. The lowest BCUT2D eigenvalue weighted by Crippen LogP contribution is -2.12. The molecule has 158 valence electrons. The maximum atomic E-state index is 13.6. The number of rotatable bonds is 3. The third kappa shape index (κ3) is 3.29. The zero-order valence-electron chi connectivity index (χ0n) is 16.2. The van der Waals surface area contributed by atoms with Crippen LogP contribution in [0.3, 0.4) is 0 Å². The van der Waals surface area contributed by atoms with E-state index in [1.807, 2.05) is 0 Å². The van der Waals surface area contributed by atoms with Crippen LogP contribution < -0.4 is 5.32 Å². The molecule has 0 fully saturated rings. The maximum absolute atomic E-state index is 13.6. The van der Waals surface area contributed by atoms with Gasteiger partial charge in [-0.3, -0.25) is 4.79 Å². The summed E-state index contributed by atoms with van der Waals surface area (Å²) in [5, 5.41) is 10.2. The van der Waals surface area contributed by atoms with E-state index in [1.54, 1.807) is 31.2 Å². The van der Waals surface area contributed by atoms with Gasteiger partial charge in [-0.1, -0.05) is 5.16 Å². The predicted molar refractivity (Wildman–Crippen MR) is 103 cm³/mol. The van der Waals surface area contributed by atoms with Gasteiger partial charge in [-0.2, -0.15) is 18.3 Å². The Bertz CT molecular complexity index is 1280. The van der Waals surface area contributed by atoms with E-state index >= 15 is 0 Å². The Morgan fingerprint density at radius 3 is 2.61 bits per heavy atom. The zero-order chi connectivity index (χ0) is 21.8. The smallest absolute Gasteiger partial charge is 0.435 e. The average Bonchev–Trinajstić information content (AvgIpc) is 3.44. The fourth-order valence-corrected chi connectivity index (χ4v) is 3.73. The van der Waals surface area contributed by atoms with Gasteiger partial charge in [0.1, 0.15) is 11.5 Å². The van der Waals surface area contributed by atoms with Crippen LogP contribution in [0.25, 0.3) is 16.9 Å². The monoisotopic (exact) mass is 428 g/mol. The van der Waals surface area contributed by atoms with E-state index in [-0.39, 0.29) is 17.8 Å². The van der Waals surface area contributed by atoms with E-state index < -0.39 is 17.8 Å². The summed E-state index contributed by atoms with van der Waals surface area (Å²) in [6.07, 6.45) is -2.55. The Morgan fingerprint density at radius 2 is 1.94 bits per heavy atom. The van der Waals surface area contributed by atoms with Gasteiger partial charge >= 0.3 is 6.18 Å². The van der Waals surface area contributed by atoms with Crippen molar-refractivity contribution < 1.29 is 26.9 Å². The van der Waals surface area contributed by atoms with Gasteiger partial charge in [-0.05, 0) is 43.7 Å². The number of fused-ring (bicyclic) bond motifs is 3. The van der Waals surface area contributed by atoms with Gasteiger partial charge in [0.25, 0.3) is 5.91 Å². The Kier molecular flexibility index (Phi) is 4.24. The standard InChI is InChI=1S/C21H15F3N4O3/c1-11-10-17(27-31-11)25-20(29)12-2-4-13(5-3-12)28-18-14-8-9-30-16(14)7-6-15(18)19(26-28)21(22,23)24/h2-5,8-10H,6-7H2,1H3,(H,25,27,29). The molecule has 7 nitrogen and oxygen atoms in total. The molecule has 0 saturated heterocycles. The summed E-state index contributed by atoms with van der Waals surface area (Å²) in [6.45, 7) is 1.70. The number of carbonyl (C=O) groups excluding carboxylic acids is 1. The molecule has 3 aromatic heterocycles. The maximum Gasteiger partial charge on any atom is 0.435 e. The van der Waals surface area contributed by atoms with Gasteiger partial charge in [0.15, 0.2) is 11.5 Å². The topological polar surface area (TPSA) is 86.1 Å². The second kappa shape index (κ2) is 6.86. The Morgan fingerprint density at radius 1 is 1.16 bits per heavy atom. The van der Waals surface area contributed by atoms with E-state index in [0.29, 0.717) is 40.4 Å². The minimum absolute atomic E-state index is 0.143. The molecule has 1 aliphatic rings. The van der Waals surface area contributed by atoms with Gasteiger partial charge in [0, 0.05) is 29.2 Å². The number of nitrogens with zero attached hydrogens (tertiary/aromatic N) is 3. The fraction of sp³-hybridized carbons (Fsp3) is 0.190. The minimum Gasteiger partial charge on any atom is -0.469 e. The van der Waals surface area contributed by atoms with E-state index in [9.17, 15) is 18.0 Å². The second-order valence-corrected chi connectivity index (χ2v) is 7.17. The van der Waals surface area contributed by atoms with Crippen molar-refractivity contribution in [2.45, 2.75) is 25.9 Å². The second-order valence-electron chi connectivity index (χ2n) is 7.17. The van der Waals surface area contributed by atoms with Crippen LogP contribution in [0.5, 0.6) is 0 Å². The highest BCUT2D eigenvalue weighted by molar-refractivity contribution is 6.03. The van der Waals surface area contributed by atoms with Crippen molar-refractivity contribution in [1.82, 2.24) is 14.9 Å². The molecule has 0 radical (unpaired) electrons. The molecule has 3 heterocycles. The van der Waals surface area contributed by atoms with E-state index in [1.165, 1.54) is 23.1 Å². The molecule has 31 heavy (non-hydrogen) atoms. The lowest BCUT2D eigenvalue weighted by atomic mass is 9.94. The predicted octanol–water partition coefficient (Wildman–Crippen LogP) is 4.80. The van der Waals surface area contributed by atoms with Crippen LogP contribution in [0.15, 0.2) is 51.6 Å². The van der Waals surface area contributed by atoms with Crippen LogP contribution in [-0.2, 0) is 19.0 Å². The first-order valence-corrected chi connectivity index (χ1v) is 9.42.